The Labute approximate surface area is 151 Å². The third-order valence-electron chi connectivity index (χ3n) is 4.47. The van der Waals surface area contributed by atoms with Crippen LogP contribution in [0.4, 0.5) is 4.39 Å². The highest BCUT2D eigenvalue weighted by Crippen LogP contribution is 2.21. The summed E-state index contributed by atoms with van der Waals surface area (Å²) >= 11 is 0. The molecule has 1 aliphatic rings. The molecule has 2 aromatic rings. The van der Waals surface area contributed by atoms with Crippen LogP contribution in [0.3, 0.4) is 0 Å². The van der Waals surface area contributed by atoms with Gasteiger partial charge in [0.25, 0.3) is 5.91 Å². The Morgan fingerprint density at radius 1 is 1.15 bits per heavy atom. The summed E-state index contributed by atoms with van der Waals surface area (Å²) in [5.41, 5.74) is 2.09. The van der Waals surface area contributed by atoms with Crippen LogP contribution in [0.1, 0.15) is 28.4 Å². The van der Waals surface area contributed by atoms with Crippen molar-refractivity contribution >= 4 is 11.9 Å². The molecule has 1 atom stereocenters. The second-order valence-corrected chi connectivity index (χ2v) is 6.17. The quantitative estimate of drug-likeness (QED) is 0.790. The molecule has 0 aliphatic carbocycles. The highest BCUT2D eigenvalue weighted by molar-refractivity contribution is 5.92. The van der Waals surface area contributed by atoms with E-state index in [1.165, 1.54) is 31.7 Å². The molecule has 0 fully saturated rings. The number of fused-ring (bicyclic) bond motifs is 1. The summed E-state index contributed by atoms with van der Waals surface area (Å²) in [7, 11) is 1.41. The minimum atomic E-state index is -0.991. The number of ether oxygens (including phenoxy) is 2. The van der Waals surface area contributed by atoms with Crippen LogP contribution in [0.15, 0.2) is 42.5 Å². The number of esters is 1. The SMILES string of the molecule is COc1ccc(C(=O)O[C@@H](C)C(=O)N2CCc3ccccc3C2)c(F)c1. The van der Waals surface area contributed by atoms with E-state index in [0.717, 1.165) is 18.1 Å². The number of methoxy groups -OCH3 is 1. The number of halogens is 1. The Morgan fingerprint density at radius 2 is 1.88 bits per heavy atom. The average molecular weight is 357 g/mol. The third kappa shape index (κ3) is 3.69. The molecule has 136 valence electrons. The molecule has 5 nitrogen and oxygen atoms in total. The van der Waals surface area contributed by atoms with Crippen LogP contribution in [0, 0.1) is 5.82 Å². The Bertz CT molecular complexity index is 836. The standard InChI is InChI=1S/C20H20FNO4/c1-13(26-20(24)17-8-7-16(25-2)11-18(17)21)19(23)22-10-9-14-5-3-4-6-15(14)12-22/h3-8,11,13H,9-10,12H2,1-2H3/t13-/m0/s1. The maximum Gasteiger partial charge on any atom is 0.341 e. The molecule has 0 aromatic heterocycles. The second-order valence-electron chi connectivity index (χ2n) is 6.17. The molecule has 0 N–H and O–H groups in total. The predicted molar refractivity (Wildman–Crippen MR) is 93.4 cm³/mol. The molecule has 0 radical (unpaired) electrons. The number of carbonyl (C=O) groups excluding carboxylic acids is 2. The fourth-order valence-corrected chi connectivity index (χ4v) is 3.00. The van der Waals surface area contributed by atoms with Crippen LogP contribution in [0.25, 0.3) is 0 Å². The van der Waals surface area contributed by atoms with Crippen molar-refractivity contribution in [2.75, 3.05) is 13.7 Å². The molecule has 0 bridgehead atoms. The van der Waals surface area contributed by atoms with E-state index in [4.69, 9.17) is 9.47 Å². The van der Waals surface area contributed by atoms with Gasteiger partial charge in [0, 0.05) is 19.2 Å². The van der Waals surface area contributed by atoms with E-state index in [1.54, 1.807) is 4.90 Å². The number of nitrogens with zero attached hydrogens (tertiary/aromatic N) is 1. The van der Waals surface area contributed by atoms with Crippen molar-refractivity contribution < 1.29 is 23.5 Å². The number of rotatable bonds is 4. The van der Waals surface area contributed by atoms with Gasteiger partial charge in [0.05, 0.1) is 12.7 Å². The Kier molecular flexibility index (Phi) is 5.21. The second kappa shape index (κ2) is 7.56. The molecule has 3 rings (SSSR count). The van der Waals surface area contributed by atoms with Gasteiger partial charge in [-0.3, -0.25) is 4.79 Å². The fraction of sp³-hybridized carbons (Fsp3) is 0.300. The predicted octanol–water partition coefficient (Wildman–Crippen LogP) is 2.96. The van der Waals surface area contributed by atoms with Crippen molar-refractivity contribution in [2.45, 2.75) is 26.0 Å². The van der Waals surface area contributed by atoms with Gasteiger partial charge in [-0.15, -0.1) is 0 Å². The molecule has 0 saturated carbocycles. The average Bonchev–Trinajstić information content (AvgIpc) is 2.66. The molecule has 1 amide bonds. The molecule has 26 heavy (non-hydrogen) atoms. The third-order valence-corrected chi connectivity index (χ3v) is 4.47. The maximum absolute atomic E-state index is 14.0. The number of benzene rings is 2. The van der Waals surface area contributed by atoms with Crippen molar-refractivity contribution in [3.05, 3.63) is 65.0 Å². The van der Waals surface area contributed by atoms with E-state index < -0.39 is 17.9 Å². The van der Waals surface area contributed by atoms with Crippen LogP contribution in [0.2, 0.25) is 0 Å². The lowest BCUT2D eigenvalue weighted by Gasteiger charge is -2.30. The van der Waals surface area contributed by atoms with E-state index in [0.29, 0.717) is 18.8 Å². The Balaban J connectivity index is 1.65. The van der Waals surface area contributed by atoms with Crippen LogP contribution in [-0.4, -0.2) is 36.5 Å². The summed E-state index contributed by atoms with van der Waals surface area (Å²) in [6, 6.07) is 11.8. The fourth-order valence-electron chi connectivity index (χ4n) is 3.00. The van der Waals surface area contributed by atoms with Crippen LogP contribution in [-0.2, 0) is 22.5 Å². The van der Waals surface area contributed by atoms with Gasteiger partial charge in [0.15, 0.2) is 6.10 Å². The number of carbonyl (C=O) groups is 2. The molecule has 2 aromatic carbocycles. The van der Waals surface area contributed by atoms with Crippen LogP contribution < -0.4 is 4.74 Å². The van der Waals surface area contributed by atoms with E-state index in [9.17, 15) is 14.0 Å². The van der Waals surface area contributed by atoms with Crippen molar-refractivity contribution in [2.24, 2.45) is 0 Å². The van der Waals surface area contributed by atoms with E-state index in [-0.39, 0.29) is 11.5 Å². The Hall–Kier alpha value is -2.89. The Morgan fingerprint density at radius 3 is 2.58 bits per heavy atom. The summed E-state index contributed by atoms with van der Waals surface area (Å²) < 4.78 is 24.1. The normalized spacial score (nSPS) is 14.3. The van der Waals surface area contributed by atoms with Crippen molar-refractivity contribution in [3.63, 3.8) is 0 Å². The van der Waals surface area contributed by atoms with Crippen molar-refractivity contribution in [1.29, 1.82) is 0 Å². The summed E-state index contributed by atoms with van der Waals surface area (Å²) in [6.45, 7) is 2.55. The van der Waals surface area contributed by atoms with Crippen LogP contribution in [0.5, 0.6) is 5.75 Å². The molecule has 6 heteroatoms. The lowest BCUT2D eigenvalue weighted by Crippen LogP contribution is -2.42. The number of hydrogen-bond acceptors (Lipinski definition) is 4. The first-order chi connectivity index (χ1) is 12.5. The van der Waals surface area contributed by atoms with Gasteiger partial charge >= 0.3 is 5.97 Å². The minimum Gasteiger partial charge on any atom is -0.497 e. The zero-order valence-electron chi connectivity index (χ0n) is 14.7. The first-order valence-electron chi connectivity index (χ1n) is 8.39. The summed E-state index contributed by atoms with van der Waals surface area (Å²) in [4.78, 5) is 26.4. The first kappa shape index (κ1) is 17.9. The lowest BCUT2D eigenvalue weighted by molar-refractivity contribution is -0.140. The molecular formula is C20H20FNO4. The van der Waals surface area contributed by atoms with Gasteiger partial charge in [-0.2, -0.15) is 0 Å². The molecule has 1 aliphatic heterocycles. The largest absolute Gasteiger partial charge is 0.497 e. The molecule has 0 unspecified atom stereocenters. The van der Waals surface area contributed by atoms with Gasteiger partial charge in [0.2, 0.25) is 0 Å². The summed E-state index contributed by atoms with van der Waals surface area (Å²) in [5, 5.41) is 0. The first-order valence-corrected chi connectivity index (χ1v) is 8.39. The van der Waals surface area contributed by atoms with Crippen LogP contribution >= 0.6 is 0 Å². The minimum absolute atomic E-state index is 0.227. The topological polar surface area (TPSA) is 55.8 Å². The smallest absolute Gasteiger partial charge is 0.341 e. The van der Waals surface area contributed by atoms with Crippen molar-refractivity contribution in [1.82, 2.24) is 4.90 Å². The highest BCUT2D eigenvalue weighted by atomic mass is 19.1. The van der Waals surface area contributed by atoms with Gasteiger partial charge in [-0.05, 0) is 36.6 Å². The van der Waals surface area contributed by atoms with E-state index in [2.05, 4.69) is 0 Å². The summed E-state index contributed by atoms with van der Waals surface area (Å²) in [6.07, 6.45) is -0.232. The van der Waals surface area contributed by atoms with Gasteiger partial charge in [-0.1, -0.05) is 24.3 Å². The molecule has 1 heterocycles. The highest BCUT2D eigenvalue weighted by Gasteiger charge is 2.28. The van der Waals surface area contributed by atoms with Gasteiger partial charge in [0.1, 0.15) is 11.6 Å². The number of hydrogen-bond donors (Lipinski definition) is 0. The van der Waals surface area contributed by atoms with Gasteiger partial charge < -0.3 is 14.4 Å². The zero-order valence-corrected chi connectivity index (χ0v) is 14.7. The molecular weight excluding hydrogens is 337 g/mol. The summed E-state index contributed by atoms with van der Waals surface area (Å²) in [5.74, 6) is -1.61. The van der Waals surface area contributed by atoms with E-state index in [1.807, 2.05) is 24.3 Å². The monoisotopic (exact) mass is 357 g/mol. The number of amides is 1. The van der Waals surface area contributed by atoms with Gasteiger partial charge in [-0.25, -0.2) is 9.18 Å². The van der Waals surface area contributed by atoms with Crippen molar-refractivity contribution in [3.8, 4) is 5.75 Å². The zero-order chi connectivity index (χ0) is 18.7. The van der Waals surface area contributed by atoms with E-state index >= 15 is 0 Å². The maximum atomic E-state index is 14.0. The molecule has 0 saturated heterocycles. The lowest BCUT2D eigenvalue weighted by atomic mass is 9.99. The molecule has 0 spiro atoms.